The van der Waals surface area contributed by atoms with Gasteiger partial charge in [-0.3, -0.25) is 4.79 Å². The van der Waals surface area contributed by atoms with Gasteiger partial charge in [-0.2, -0.15) is 0 Å². The standard InChI is InChI=1S/C19H18O6/c1-21-12-5-6-13-14(10-12)25-15(18(13)20)7-11-8-16(22-2)19(24-4)17(9-11)23-3/h5-10H,1-4H3/b15-7-. The van der Waals surface area contributed by atoms with Crippen molar-refractivity contribution in [1.82, 2.24) is 0 Å². The average Bonchev–Trinajstić information content (AvgIpc) is 2.95. The van der Waals surface area contributed by atoms with Crippen molar-refractivity contribution in [2.75, 3.05) is 28.4 Å². The van der Waals surface area contributed by atoms with Crippen molar-refractivity contribution in [1.29, 1.82) is 0 Å². The van der Waals surface area contributed by atoms with E-state index in [1.165, 1.54) is 21.3 Å². The number of allylic oxidation sites excluding steroid dienone is 1. The second-order valence-electron chi connectivity index (χ2n) is 5.26. The van der Waals surface area contributed by atoms with Crippen molar-refractivity contribution in [3.63, 3.8) is 0 Å². The summed E-state index contributed by atoms with van der Waals surface area (Å²) in [6, 6.07) is 8.58. The largest absolute Gasteiger partial charge is 0.497 e. The molecular weight excluding hydrogens is 324 g/mol. The van der Waals surface area contributed by atoms with Crippen LogP contribution < -0.4 is 23.7 Å². The topological polar surface area (TPSA) is 63.2 Å². The molecule has 130 valence electrons. The Morgan fingerprint density at radius 3 is 2.12 bits per heavy atom. The molecule has 0 fully saturated rings. The molecule has 0 aliphatic carbocycles. The van der Waals surface area contributed by atoms with Crippen LogP contribution in [0.15, 0.2) is 36.1 Å². The van der Waals surface area contributed by atoms with Crippen LogP contribution in [0.25, 0.3) is 6.08 Å². The molecule has 1 heterocycles. The first-order valence-electron chi connectivity index (χ1n) is 7.53. The van der Waals surface area contributed by atoms with Gasteiger partial charge in [0.1, 0.15) is 11.5 Å². The van der Waals surface area contributed by atoms with E-state index in [-0.39, 0.29) is 11.5 Å². The lowest BCUT2D eigenvalue weighted by atomic mass is 10.1. The third-order valence-corrected chi connectivity index (χ3v) is 3.86. The number of ether oxygens (including phenoxy) is 5. The zero-order valence-corrected chi connectivity index (χ0v) is 14.4. The minimum atomic E-state index is -0.189. The molecular formula is C19H18O6. The molecule has 6 heteroatoms. The number of hydrogen-bond donors (Lipinski definition) is 0. The molecule has 0 amide bonds. The Morgan fingerprint density at radius 1 is 0.880 bits per heavy atom. The third kappa shape index (κ3) is 2.98. The molecule has 1 aliphatic heterocycles. The highest BCUT2D eigenvalue weighted by Crippen LogP contribution is 2.40. The zero-order valence-electron chi connectivity index (χ0n) is 14.4. The summed E-state index contributed by atoms with van der Waals surface area (Å²) in [4.78, 5) is 12.5. The van der Waals surface area contributed by atoms with Gasteiger partial charge in [0.2, 0.25) is 11.5 Å². The highest BCUT2D eigenvalue weighted by atomic mass is 16.5. The molecule has 0 saturated heterocycles. The summed E-state index contributed by atoms with van der Waals surface area (Å²) in [5.41, 5.74) is 1.19. The molecule has 0 bridgehead atoms. The van der Waals surface area contributed by atoms with Crippen LogP contribution in [0.2, 0.25) is 0 Å². The van der Waals surface area contributed by atoms with Gasteiger partial charge in [-0.05, 0) is 35.9 Å². The van der Waals surface area contributed by atoms with E-state index in [4.69, 9.17) is 23.7 Å². The minimum absolute atomic E-state index is 0.189. The van der Waals surface area contributed by atoms with Gasteiger partial charge in [-0.1, -0.05) is 0 Å². The first-order valence-corrected chi connectivity index (χ1v) is 7.53. The summed E-state index contributed by atoms with van der Waals surface area (Å²) in [6.45, 7) is 0. The maximum absolute atomic E-state index is 12.5. The Balaban J connectivity index is 2.00. The van der Waals surface area contributed by atoms with E-state index in [9.17, 15) is 4.79 Å². The molecule has 3 rings (SSSR count). The number of rotatable bonds is 5. The summed E-state index contributed by atoms with van der Waals surface area (Å²) in [7, 11) is 6.17. The Bertz CT molecular complexity index is 828. The van der Waals surface area contributed by atoms with Crippen molar-refractivity contribution >= 4 is 11.9 Å². The molecule has 0 unspecified atom stereocenters. The number of hydrogen-bond acceptors (Lipinski definition) is 6. The van der Waals surface area contributed by atoms with Crippen LogP contribution in [0.1, 0.15) is 15.9 Å². The molecule has 6 nitrogen and oxygen atoms in total. The van der Waals surface area contributed by atoms with Gasteiger partial charge in [0.15, 0.2) is 17.3 Å². The van der Waals surface area contributed by atoms with E-state index in [0.717, 1.165) is 0 Å². The first kappa shape index (κ1) is 16.7. The Kier molecular flexibility index (Phi) is 4.52. The maximum Gasteiger partial charge on any atom is 0.231 e. The van der Waals surface area contributed by atoms with Crippen molar-refractivity contribution in [2.24, 2.45) is 0 Å². The molecule has 0 saturated carbocycles. The van der Waals surface area contributed by atoms with Crippen molar-refractivity contribution in [2.45, 2.75) is 0 Å². The molecule has 25 heavy (non-hydrogen) atoms. The molecule has 0 radical (unpaired) electrons. The molecule has 0 aromatic heterocycles. The number of ketones is 1. The number of benzene rings is 2. The fourth-order valence-electron chi connectivity index (χ4n) is 2.63. The molecule has 2 aromatic carbocycles. The normalized spacial score (nSPS) is 14.1. The van der Waals surface area contributed by atoms with E-state index < -0.39 is 0 Å². The van der Waals surface area contributed by atoms with Crippen LogP contribution >= 0.6 is 0 Å². The van der Waals surface area contributed by atoms with Gasteiger partial charge in [-0.15, -0.1) is 0 Å². The molecule has 2 aromatic rings. The van der Waals surface area contributed by atoms with E-state index in [1.807, 2.05) is 0 Å². The summed E-state index contributed by atoms with van der Waals surface area (Å²) in [6.07, 6.45) is 1.64. The van der Waals surface area contributed by atoms with Gasteiger partial charge in [0.05, 0.1) is 34.0 Å². The summed E-state index contributed by atoms with van der Waals surface area (Å²) in [5.74, 6) is 2.61. The second-order valence-corrected chi connectivity index (χ2v) is 5.26. The molecule has 1 aliphatic rings. The Labute approximate surface area is 145 Å². The Morgan fingerprint density at radius 2 is 1.56 bits per heavy atom. The minimum Gasteiger partial charge on any atom is -0.497 e. The molecule has 0 N–H and O–H groups in total. The fraction of sp³-hybridized carbons (Fsp3) is 0.211. The highest BCUT2D eigenvalue weighted by Gasteiger charge is 2.28. The van der Waals surface area contributed by atoms with Crippen LogP contribution in [-0.2, 0) is 0 Å². The lowest BCUT2D eigenvalue weighted by Crippen LogP contribution is -1.99. The fourth-order valence-corrected chi connectivity index (χ4v) is 2.63. The van der Waals surface area contributed by atoms with Gasteiger partial charge >= 0.3 is 0 Å². The van der Waals surface area contributed by atoms with Crippen LogP contribution in [-0.4, -0.2) is 34.2 Å². The number of carbonyl (C=O) groups is 1. The van der Waals surface area contributed by atoms with Crippen LogP contribution in [0.3, 0.4) is 0 Å². The smallest absolute Gasteiger partial charge is 0.231 e. The molecule has 0 atom stereocenters. The van der Waals surface area contributed by atoms with Gasteiger partial charge in [0.25, 0.3) is 0 Å². The van der Waals surface area contributed by atoms with Gasteiger partial charge in [0, 0.05) is 6.07 Å². The van der Waals surface area contributed by atoms with Crippen LogP contribution in [0.5, 0.6) is 28.7 Å². The monoisotopic (exact) mass is 342 g/mol. The van der Waals surface area contributed by atoms with E-state index in [2.05, 4.69) is 0 Å². The lowest BCUT2D eigenvalue weighted by Gasteiger charge is -2.13. The van der Waals surface area contributed by atoms with E-state index in [0.29, 0.717) is 39.9 Å². The predicted molar refractivity (Wildman–Crippen MR) is 92.0 cm³/mol. The quantitative estimate of drug-likeness (QED) is 0.777. The second kappa shape index (κ2) is 6.76. The van der Waals surface area contributed by atoms with Crippen molar-refractivity contribution in [3.05, 3.63) is 47.2 Å². The van der Waals surface area contributed by atoms with E-state index >= 15 is 0 Å². The number of Topliss-reactive ketones (excluding diaryl/α,β-unsaturated/α-hetero) is 1. The summed E-state index contributed by atoms with van der Waals surface area (Å²) in [5, 5.41) is 0. The van der Waals surface area contributed by atoms with Crippen molar-refractivity contribution < 1.29 is 28.5 Å². The van der Waals surface area contributed by atoms with Crippen molar-refractivity contribution in [3.8, 4) is 28.7 Å². The average molecular weight is 342 g/mol. The van der Waals surface area contributed by atoms with Crippen LogP contribution in [0, 0.1) is 0 Å². The number of fused-ring (bicyclic) bond motifs is 1. The zero-order chi connectivity index (χ0) is 18.0. The SMILES string of the molecule is COc1ccc2c(c1)O/C(=C\c1cc(OC)c(OC)c(OC)c1)C2=O. The van der Waals surface area contributed by atoms with Gasteiger partial charge < -0.3 is 23.7 Å². The summed E-state index contributed by atoms with van der Waals surface area (Å²) >= 11 is 0. The Hall–Kier alpha value is -3.15. The highest BCUT2D eigenvalue weighted by molar-refractivity contribution is 6.14. The number of carbonyl (C=O) groups excluding carboxylic acids is 1. The lowest BCUT2D eigenvalue weighted by molar-refractivity contribution is 0.101. The van der Waals surface area contributed by atoms with Crippen LogP contribution in [0.4, 0.5) is 0 Å². The first-order chi connectivity index (χ1) is 12.1. The maximum atomic E-state index is 12.5. The molecule has 0 spiro atoms. The predicted octanol–water partition coefficient (Wildman–Crippen LogP) is 3.34. The summed E-state index contributed by atoms with van der Waals surface area (Å²) < 4.78 is 26.8. The van der Waals surface area contributed by atoms with E-state index in [1.54, 1.807) is 43.5 Å². The van der Waals surface area contributed by atoms with Gasteiger partial charge in [-0.25, -0.2) is 0 Å². The third-order valence-electron chi connectivity index (χ3n) is 3.86. The number of methoxy groups -OCH3 is 4.